The van der Waals surface area contributed by atoms with E-state index in [1.54, 1.807) is 0 Å². The summed E-state index contributed by atoms with van der Waals surface area (Å²) in [6, 6.07) is 0. The van der Waals surface area contributed by atoms with Gasteiger partial charge in [-0.2, -0.15) is 0 Å². The number of Topliss-reactive ketones (excluding diaryl/α,β-unsaturated/α-hetero) is 1. The van der Waals surface area contributed by atoms with Gasteiger partial charge in [-0.25, -0.2) is 0 Å². The van der Waals surface area contributed by atoms with Crippen LogP contribution in [0.5, 0.6) is 0 Å². The third kappa shape index (κ3) is 1.27. The van der Waals surface area contributed by atoms with Crippen LogP contribution in [0.2, 0.25) is 0 Å². The molecule has 0 amide bonds. The van der Waals surface area contributed by atoms with Crippen LogP contribution in [0.4, 0.5) is 0 Å². The van der Waals surface area contributed by atoms with Crippen LogP contribution < -0.4 is 0 Å². The fourth-order valence-corrected chi connectivity index (χ4v) is 3.92. The molecule has 2 nitrogen and oxygen atoms in total. The minimum absolute atomic E-state index is 0.220. The van der Waals surface area contributed by atoms with E-state index in [4.69, 9.17) is 0 Å². The van der Waals surface area contributed by atoms with Crippen molar-refractivity contribution in [3.05, 3.63) is 22.3 Å². The molecular weight excluding hydrogens is 212 g/mol. The molecule has 3 rings (SSSR count). The molecule has 0 aliphatic heterocycles. The summed E-state index contributed by atoms with van der Waals surface area (Å²) in [6.07, 6.45) is 3.39. The minimum atomic E-state index is 0.220. The predicted molar refractivity (Wildman–Crippen MR) is 65.4 cm³/mol. The molecule has 1 fully saturated rings. The molecule has 1 saturated carbocycles. The Hall–Kier alpha value is -1.18. The lowest BCUT2D eigenvalue weighted by Crippen LogP contribution is -2.01. The average molecular weight is 230 g/mol. The first-order valence-electron chi connectivity index (χ1n) is 6.40. The quantitative estimate of drug-likeness (QED) is 0.649. The van der Waals surface area contributed by atoms with E-state index in [-0.39, 0.29) is 5.78 Å². The highest BCUT2D eigenvalue weighted by Gasteiger charge is 2.61. The van der Waals surface area contributed by atoms with Crippen molar-refractivity contribution in [3.8, 4) is 0 Å². The maximum absolute atomic E-state index is 11.9. The molecule has 2 atom stereocenters. The lowest BCUT2D eigenvalue weighted by atomic mass is 9.93. The highest BCUT2D eigenvalue weighted by molar-refractivity contribution is 6.04. The molecule has 0 radical (unpaired) electrons. The molecular formula is C15H18O2. The Morgan fingerprint density at radius 3 is 2.71 bits per heavy atom. The third-order valence-electron chi connectivity index (χ3n) is 5.10. The van der Waals surface area contributed by atoms with Crippen LogP contribution >= 0.6 is 0 Å². The number of carbonyl (C=O) groups excluding carboxylic acids is 2. The first kappa shape index (κ1) is 10.9. The summed E-state index contributed by atoms with van der Waals surface area (Å²) in [5, 5.41) is 0. The largest absolute Gasteiger partial charge is 0.298 e. The molecule has 0 aromatic heterocycles. The standard InChI is InChI=1S/C15H18O2/c1-8-12(17)6-10-9(7-16)4-5-11-14(13(8)10)15(11,2)3/h7,11,14H,4-6H2,1-3H3. The Labute approximate surface area is 102 Å². The molecule has 2 heteroatoms. The van der Waals surface area contributed by atoms with E-state index in [2.05, 4.69) is 13.8 Å². The zero-order chi connectivity index (χ0) is 12.4. The Morgan fingerprint density at radius 1 is 1.35 bits per heavy atom. The van der Waals surface area contributed by atoms with Crippen LogP contribution in [-0.4, -0.2) is 12.1 Å². The summed E-state index contributed by atoms with van der Waals surface area (Å²) in [7, 11) is 0. The summed E-state index contributed by atoms with van der Waals surface area (Å²) in [5.41, 5.74) is 4.42. The van der Waals surface area contributed by atoms with E-state index in [1.165, 1.54) is 5.57 Å². The van der Waals surface area contributed by atoms with Crippen molar-refractivity contribution in [2.24, 2.45) is 17.3 Å². The van der Waals surface area contributed by atoms with Gasteiger partial charge in [0.15, 0.2) is 5.78 Å². The van der Waals surface area contributed by atoms with Crippen molar-refractivity contribution in [1.82, 2.24) is 0 Å². The molecule has 0 aromatic rings. The highest BCUT2D eigenvalue weighted by Crippen LogP contribution is 2.68. The van der Waals surface area contributed by atoms with Crippen LogP contribution in [0.25, 0.3) is 0 Å². The van der Waals surface area contributed by atoms with E-state index in [0.717, 1.165) is 35.8 Å². The third-order valence-corrected chi connectivity index (χ3v) is 5.10. The lowest BCUT2D eigenvalue weighted by molar-refractivity contribution is -0.114. The van der Waals surface area contributed by atoms with Gasteiger partial charge >= 0.3 is 0 Å². The zero-order valence-corrected chi connectivity index (χ0v) is 10.7. The molecule has 0 aromatic carbocycles. The Kier molecular flexibility index (Phi) is 2.05. The summed E-state index contributed by atoms with van der Waals surface area (Å²) in [6.45, 7) is 6.51. The van der Waals surface area contributed by atoms with Gasteiger partial charge in [0.2, 0.25) is 0 Å². The molecule has 0 bridgehead atoms. The van der Waals surface area contributed by atoms with E-state index in [1.807, 2.05) is 6.92 Å². The van der Waals surface area contributed by atoms with Crippen LogP contribution in [0, 0.1) is 17.3 Å². The van der Waals surface area contributed by atoms with Gasteiger partial charge in [-0.3, -0.25) is 9.59 Å². The van der Waals surface area contributed by atoms with Gasteiger partial charge in [-0.1, -0.05) is 13.8 Å². The number of allylic oxidation sites excluding steroid dienone is 4. The number of fused-ring (bicyclic) bond motifs is 3. The Balaban J connectivity index is 2.17. The molecule has 0 heterocycles. The normalized spacial score (nSPS) is 34.4. The van der Waals surface area contributed by atoms with Crippen molar-refractivity contribution in [2.45, 2.75) is 40.0 Å². The maximum atomic E-state index is 11.9. The van der Waals surface area contributed by atoms with Crippen LogP contribution in [0.1, 0.15) is 40.0 Å². The number of aldehydes is 1. The van der Waals surface area contributed by atoms with Crippen LogP contribution in [0.3, 0.4) is 0 Å². The number of rotatable bonds is 1. The minimum Gasteiger partial charge on any atom is -0.298 e. The van der Waals surface area contributed by atoms with E-state index < -0.39 is 0 Å². The molecule has 90 valence electrons. The predicted octanol–water partition coefficient (Wildman–Crippen LogP) is 2.84. The van der Waals surface area contributed by atoms with Crippen LogP contribution in [0.15, 0.2) is 22.3 Å². The second-order valence-electron chi connectivity index (χ2n) is 6.20. The van der Waals surface area contributed by atoms with Gasteiger partial charge in [0.1, 0.15) is 6.29 Å². The van der Waals surface area contributed by atoms with E-state index in [9.17, 15) is 9.59 Å². The Bertz CT molecular complexity index is 491. The van der Waals surface area contributed by atoms with Crippen LogP contribution in [-0.2, 0) is 9.59 Å². The molecule has 0 spiro atoms. The monoisotopic (exact) mass is 230 g/mol. The topological polar surface area (TPSA) is 34.1 Å². The number of hydrogen-bond acceptors (Lipinski definition) is 2. The lowest BCUT2D eigenvalue weighted by Gasteiger charge is -2.11. The number of carbonyl (C=O) groups is 2. The van der Waals surface area contributed by atoms with E-state index >= 15 is 0 Å². The second-order valence-corrected chi connectivity index (χ2v) is 6.20. The summed E-state index contributed by atoms with van der Waals surface area (Å²) < 4.78 is 0. The summed E-state index contributed by atoms with van der Waals surface area (Å²) >= 11 is 0. The average Bonchev–Trinajstić information content (AvgIpc) is 2.76. The molecule has 3 aliphatic rings. The van der Waals surface area contributed by atoms with Crippen molar-refractivity contribution in [3.63, 3.8) is 0 Å². The first-order valence-corrected chi connectivity index (χ1v) is 6.40. The SMILES string of the molecule is CC1=C2C(=C(C=O)CCC3C2C3(C)C)CC1=O. The second kappa shape index (κ2) is 3.18. The molecule has 3 aliphatic carbocycles. The molecule has 2 unspecified atom stereocenters. The number of hydrogen-bond donors (Lipinski definition) is 0. The van der Waals surface area contributed by atoms with Gasteiger partial charge in [-0.15, -0.1) is 0 Å². The van der Waals surface area contributed by atoms with Gasteiger partial charge in [0.05, 0.1) is 0 Å². The fourth-order valence-electron chi connectivity index (χ4n) is 3.92. The van der Waals surface area contributed by atoms with Crippen molar-refractivity contribution >= 4 is 12.1 Å². The van der Waals surface area contributed by atoms with Crippen molar-refractivity contribution in [2.75, 3.05) is 0 Å². The first-order chi connectivity index (χ1) is 7.98. The zero-order valence-electron chi connectivity index (χ0n) is 10.7. The summed E-state index contributed by atoms with van der Waals surface area (Å²) in [4.78, 5) is 23.0. The van der Waals surface area contributed by atoms with Gasteiger partial charge in [-0.05, 0) is 59.3 Å². The summed E-state index contributed by atoms with van der Waals surface area (Å²) in [5.74, 6) is 1.39. The maximum Gasteiger partial charge on any atom is 0.163 e. The molecule has 0 N–H and O–H groups in total. The smallest absolute Gasteiger partial charge is 0.163 e. The Morgan fingerprint density at radius 2 is 2.06 bits per heavy atom. The van der Waals surface area contributed by atoms with Crippen molar-refractivity contribution < 1.29 is 9.59 Å². The highest BCUT2D eigenvalue weighted by atomic mass is 16.1. The molecule has 0 saturated heterocycles. The van der Waals surface area contributed by atoms with Gasteiger partial charge < -0.3 is 0 Å². The molecule has 17 heavy (non-hydrogen) atoms. The van der Waals surface area contributed by atoms with Gasteiger partial charge in [0, 0.05) is 6.42 Å². The van der Waals surface area contributed by atoms with E-state index in [0.29, 0.717) is 23.7 Å². The number of ketones is 1. The van der Waals surface area contributed by atoms with Gasteiger partial charge in [0.25, 0.3) is 0 Å². The van der Waals surface area contributed by atoms with Crippen molar-refractivity contribution in [1.29, 1.82) is 0 Å². The fraction of sp³-hybridized carbons (Fsp3) is 0.600.